The van der Waals surface area contributed by atoms with Crippen molar-refractivity contribution in [3.8, 4) is 0 Å². The zero-order valence-corrected chi connectivity index (χ0v) is 13.0. The monoisotopic (exact) mass is 350 g/mol. The number of hydrogen-bond donors (Lipinski definition) is 0. The number of carbonyl (C=O) groups is 1. The number of aromatic nitrogens is 3. The molecule has 0 aromatic carbocycles. The zero-order chi connectivity index (χ0) is 14.4. The fraction of sp³-hybridized carbons (Fsp3) is 0.500. The van der Waals surface area contributed by atoms with Crippen molar-refractivity contribution < 1.29 is 9.32 Å². The summed E-state index contributed by atoms with van der Waals surface area (Å²) >= 11 is 3.40. The van der Waals surface area contributed by atoms with Gasteiger partial charge in [0.25, 0.3) is 5.91 Å². The Balaban J connectivity index is 1.45. The first-order chi connectivity index (χ1) is 10.2. The molecule has 1 aliphatic heterocycles. The predicted molar refractivity (Wildman–Crippen MR) is 78.0 cm³/mol. The van der Waals surface area contributed by atoms with Gasteiger partial charge in [-0.3, -0.25) is 9.48 Å². The van der Waals surface area contributed by atoms with E-state index >= 15 is 0 Å². The highest BCUT2D eigenvalue weighted by Gasteiger charge is 2.32. The van der Waals surface area contributed by atoms with Gasteiger partial charge in [0.1, 0.15) is 5.76 Å². The molecule has 2 fully saturated rings. The summed E-state index contributed by atoms with van der Waals surface area (Å²) in [4.78, 5) is 14.3. The van der Waals surface area contributed by atoms with Gasteiger partial charge >= 0.3 is 0 Å². The number of amides is 1. The summed E-state index contributed by atoms with van der Waals surface area (Å²) in [6.07, 6.45) is 6.91. The van der Waals surface area contributed by atoms with Crippen LogP contribution in [-0.4, -0.2) is 38.8 Å². The normalized spacial score (nSPS) is 22.0. The number of rotatable bonds is 3. The molecule has 3 heterocycles. The van der Waals surface area contributed by atoms with Crippen molar-refractivity contribution in [3.63, 3.8) is 0 Å². The van der Waals surface area contributed by atoms with Gasteiger partial charge < -0.3 is 9.42 Å². The molecule has 2 aromatic rings. The molecule has 0 radical (unpaired) electrons. The smallest absolute Gasteiger partial charge is 0.276 e. The van der Waals surface area contributed by atoms with Crippen molar-refractivity contribution in [2.24, 2.45) is 0 Å². The zero-order valence-electron chi connectivity index (χ0n) is 11.4. The van der Waals surface area contributed by atoms with Crippen molar-refractivity contribution in [2.45, 2.75) is 31.2 Å². The lowest BCUT2D eigenvalue weighted by atomic mass is 10.2. The fourth-order valence-electron chi connectivity index (χ4n) is 2.77. The highest BCUT2D eigenvalue weighted by atomic mass is 79.9. The molecule has 0 spiro atoms. The molecule has 110 valence electrons. The van der Waals surface area contributed by atoms with Gasteiger partial charge in [0.05, 0.1) is 16.7 Å². The highest BCUT2D eigenvalue weighted by Crippen LogP contribution is 2.40. The van der Waals surface area contributed by atoms with Crippen LogP contribution in [-0.2, 0) is 0 Å². The lowest BCUT2D eigenvalue weighted by molar-refractivity contribution is 0.0776. The molecule has 0 N–H and O–H groups in total. The first-order valence-electron chi connectivity index (χ1n) is 7.16. The topological polar surface area (TPSA) is 64.2 Å². The van der Waals surface area contributed by atoms with Crippen LogP contribution in [0.2, 0.25) is 0 Å². The van der Waals surface area contributed by atoms with E-state index in [9.17, 15) is 4.79 Å². The van der Waals surface area contributed by atoms with E-state index in [0.29, 0.717) is 18.2 Å². The van der Waals surface area contributed by atoms with Crippen LogP contribution in [0.1, 0.15) is 47.5 Å². The third-order valence-electron chi connectivity index (χ3n) is 4.12. The molecule has 1 unspecified atom stereocenters. The lowest BCUT2D eigenvalue weighted by Gasteiger charge is -2.14. The number of hydrogen-bond acceptors (Lipinski definition) is 4. The van der Waals surface area contributed by atoms with Crippen LogP contribution in [0, 0.1) is 0 Å². The maximum atomic E-state index is 12.4. The summed E-state index contributed by atoms with van der Waals surface area (Å²) in [5, 5.41) is 8.23. The third-order valence-corrected chi connectivity index (χ3v) is 4.53. The quantitative estimate of drug-likeness (QED) is 0.853. The van der Waals surface area contributed by atoms with E-state index in [1.54, 1.807) is 12.3 Å². The standard InChI is InChI=1S/C14H15BrN4O2/c15-10-6-16-19(7-10)11-3-4-18(8-11)14(20)12-5-13(21-17-12)9-1-2-9/h5-7,9,11H,1-4,8H2. The average Bonchev–Trinajstić information content (AvgIpc) is 2.94. The molecule has 6 nitrogen and oxygen atoms in total. The predicted octanol–water partition coefficient (Wildman–Crippen LogP) is 2.60. The second-order valence-corrected chi connectivity index (χ2v) is 6.64. The molecular formula is C14H15BrN4O2. The first-order valence-corrected chi connectivity index (χ1v) is 7.95. The number of nitrogens with zero attached hydrogens (tertiary/aromatic N) is 4. The largest absolute Gasteiger partial charge is 0.360 e. The average molecular weight is 351 g/mol. The summed E-state index contributed by atoms with van der Waals surface area (Å²) in [6, 6.07) is 2.03. The van der Waals surface area contributed by atoms with Crippen LogP contribution < -0.4 is 0 Å². The molecule has 7 heteroatoms. The summed E-state index contributed by atoms with van der Waals surface area (Å²) < 4.78 is 8.13. The Kier molecular flexibility index (Phi) is 3.10. The lowest BCUT2D eigenvalue weighted by Crippen LogP contribution is -2.29. The summed E-state index contributed by atoms with van der Waals surface area (Å²) in [6.45, 7) is 1.39. The van der Waals surface area contributed by atoms with Crippen molar-refractivity contribution in [2.75, 3.05) is 13.1 Å². The van der Waals surface area contributed by atoms with Crippen LogP contribution in [0.5, 0.6) is 0 Å². The maximum absolute atomic E-state index is 12.4. The van der Waals surface area contributed by atoms with Gasteiger partial charge in [-0.05, 0) is 35.2 Å². The van der Waals surface area contributed by atoms with Crippen molar-refractivity contribution in [1.29, 1.82) is 0 Å². The Morgan fingerprint density at radius 1 is 1.38 bits per heavy atom. The molecule has 4 rings (SSSR count). The molecule has 1 amide bonds. The van der Waals surface area contributed by atoms with Gasteiger partial charge in [-0.1, -0.05) is 5.16 Å². The highest BCUT2D eigenvalue weighted by molar-refractivity contribution is 9.10. The molecule has 1 aliphatic carbocycles. The first kappa shape index (κ1) is 13.1. The minimum atomic E-state index is -0.0422. The summed E-state index contributed by atoms with van der Waals surface area (Å²) in [5.41, 5.74) is 0.430. The number of halogens is 1. The molecule has 0 bridgehead atoms. The second kappa shape index (κ2) is 4.98. The van der Waals surface area contributed by atoms with E-state index in [1.165, 1.54) is 0 Å². The van der Waals surface area contributed by atoms with Crippen LogP contribution >= 0.6 is 15.9 Å². The van der Waals surface area contributed by atoms with Gasteiger partial charge in [-0.2, -0.15) is 5.10 Å². The van der Waals surface area contributed by atoms with Gasteiger partial charge in [0.2, 0.25) is 0 Å². The Morgan fingerprint density at radius 3 is 2.95 bits per heavy atom. The van der Waals surface area contributed by atoms with E-state index in [0.717, 1.165) is 36.0 Å². The maximum Gasteiger partial charge on any atom is 0.276 e. The Bertz CT molecular complexity index is 676. The van der Waals surface area contributed by atoms with Crippen LogP contribution in [0.25, 0.3) is 0 Å². The van der Waals surface area contributed by atoms with Crippen LogP contribution in [0.4, 0.5) is 0 Å². The van der Waals surface area contributed by atoms with Crippen molar-refractivity contribution in [3.05, 3.63) is 34.4 Å². The van der Waals surface area contributed by atoms with Gasteiger partial charge in [0, 0.05) is 31.3 Å². The van der Waals surface area contributed by atoms with E-state index in [-0.39, 0.29) is 11.9 Å². The second-order valence-electron chi connectivity index (χ2n) is 5.72. The van der Waals surface area contributed by atoms with Crippen molar-refractivity contribution >= 4 is 21.8 Å². The molecule has 1 atom stereocenters. The summed E-state index contributed by atoms with van der Waals surface area (Å²) in [5.74, 6) is 1.29. The minimum Gasteiger partial charge on any atom is -0.360 e. The molecule has 2 aliphatic rings. The van der Waals surface area contributed by atoms with Gasteiger partial charge in [0.15, 0.2) is 5.69 Å². The van der Waals surface area contributed by atoms with E-state index < -0.39 is 0 Å². The fourth-order valence-corrected chi connectivity index (χ4v) is 3.07. The van der Waals surface area contributed by atoms with Crippen molar-refractivity contribution in [1.82, 2.24) is 19.8 Å². The Morgan fingerprint density at radius 2 is 2.24 bits per heavy atom. The minimum absolute atomic E-state index is 0.0422. The van der Waals surface area contributed by atoms with Gasteiger partial charge in [-0.15, -0.1) is 0 Å². The Hall–Kier alpha value is -1.63. The van der Waals surface area contributed by atoms with E-state index in [1.807, 2.05) is 15.8 Å². The molecule has 21 heavy (non-hydrogen) atoms. The SMILES string of the molecule is O=C(c1cc(C2CC2)on1)N1CCC(n2cc(Br)cn2)C1. The molecule has 1 saturated heterocycles. The van der Waals surface area contributed by atoms with Crippen LogP contribution in [0.3, 0.4) is 0 Å². The van der Waals surface area contributed by atoms with E-state index in [2.05, 4.69) is 26.2 Å². The van der Waals surface area contributed by atoms with E-state index in [4.69, 9.17) is 4.52 Å². The Labute approximate surface area is 130 Å². The number of likely N-dealkylation sites (tertiary alicyclic amines) is 1. The molecular weight excluding hydrogens is 336 g/mol. The van der Waals surface area contributed by atoms with Crippen LogP contribution in [0.15, 0.2) is 27.5 Å². The third kappa shape index (κ3) is 2.50. The molecule has 1 saturated carbocycles. The number of carbonyl (C=O) groups excluding carboxylic acids is 1. The van der Waals surface area contributed by atoms with Gasteiger partial charge in [-0.25, -0.2) is 0 Å². The molecule has 2 aromatic heterocycles. The summed E-state index contributed by atoms with van der Waals surface area (Å²) in [7, 11) is 0.